The highest BCUT2D eigenvalue weighted by Crippen LogP contribution is 2.20. The topological polar surface area (TPSA) is 57.0 Å². The number of nitrogens with zero attached hydrogens (tertiary/aromatic N) is 3. The van der Waals surface area contributed by atoms with E-state index in [-0.39, 0.29) is 12.3 Å². The van der Waals surface area contributed by atoms with Gasteiger partial charge < -0.3 is 4.74 Å². The maximum Gasteiger partial charge on any atom is 0.361 e. The summed E-state index contributed by atoms with van der Waals surface area (Å²) in [7, 11) is 0. The molecule has 2 aromatic carbocycles. The lowest BCUT2D eigenvalue weighted by molar-refractivity contribution is 0.0464. The van der Waals surface area contributed by atoms with E-state index in [9.17, 15) is 4.79 Å². The van der Waals surface area contributed by atoms with Crippen LogP contribution in [0.3, 0.4) is 0 Å². The second kappa shape index (κ2) is 7.72. The summed E-state index contributed by atoms with van der Waals surface area (Å²) in [5, 5.41) is 8.71. The molecule has 0 saturated carbocycles. The van der Waals surface area contributed by atoms with Crippen LogP contribution < -0.4 is 0 Å². The van der Waals surface area contributed by atoms with E-state index in [2.05, 4.69) is 10.3 Å². The van der Waals surface area contributed by atoms with Gasteiger partial charge in [0.1, 0.15) is 6.61 Å². The molecule has 0 amide bonds. The van der Waals surface area contributed by atoms with E-state index >= 15 is 0 Å². The van der Waals surface area contributed by atoms with Gasteiger partial charge in [0.25, 0.3) is 0 Å². The smallest absolute Gasteiger partial charge is 0.361 e. The molecule has 3 aromatic rings. The van der Waals surface area contributed by atoms with Crippen LogP contribution in [0.15, 0.2) is 53.4 Å². The number of esters is 1. The Labute approximate surface area is 155 Å². The fourth-order valence-corrected chi connectivity index (χ4v) is 2.88. The third kappa shape index (κ3) is 4.03. The van der Waals surface area contributed by atoms with Crippen molar-refractivity contribution in [2.24, 2.45) is 0 Å². The van der Waals surface area contributed by atoms with Crippen molar-refractivity contribution in [1.29, 1.82) is 0 Å². The van der Waals surface area contributed by atoms with Crippen LogP contribution in [0.1, 0.15) is 21.7 Å². The van der Waals surface area contributed by atoms with E-state index in [1.54, 1.807) is 35.5 Å². The first-order chi connectivity index (χ1) is 12.1. The van der Waals surface area contributed by atoms with E-state index in [4.69, 9.17) is 16.3 Å². The number of ether oxygens (including phenoxy) is 1. The number of benzene rings is 2. The van der Waals surface area contributed by atoms with Crippen molar-refractivity contribution < 1.29 is 9.53 Å². The average molecular weight is 374 g/mol. The van der Waals surface area contributed by atoms with Crippen LogP contribution in [0.5, 0.6) is 0 Å². The second-order valence-corrected chi connectivity index (χ2v) is 6.66. The molecule has 1 aromatic heterocycles. The highest BCUT2D eigenvalue weighted by Gasteiger charge is 2.19. The maximum absolute atomic E-state index is 12.3. The van der Waals surface area contributed by atoms with Crippen LogP contribution in [-0.2, 0) is 11.3 Å². The van der Waals surface area contributed by atoms with Crippen molar-refractivity contribution in [1.82, 2.24) is 15.0 Å². The molecule has 0 aliphatic heterocycles. The summed E-state index contributed by atoms with van der Waals surface area (Å²) in [6.07, 6.45) is 2.01. The predicted molar refractivity (Wildman–Crippen MR) is 98.4 cm³/mol. The standard InChI is InChI=1S/C18H16ClN3O2S/c1-12-17(18(23)24-11-13-6-8-14(19)9-7-13)20-21-22(12)15-4-3-5-16(10-15)25-2/h3-10H,11H2,1-2H3. The monoisotopic (exact) mass is 373 g/mol. The first kappa shape index (κ1) is 17.5. The van der Waals surface area contributed by atoms with E-state index in [0.717, 1.165) is 16.1 Å². The number of aromatic nitrogens is 3. The Kier molecular flexibility index (Phi) is 5.40. The molecule has 0 aliphatic carbocycles. The number of halogens is 1. The first-order valence-electron chi connectivity index (χ1n) is 7.57. The summed E-state index contributed by atoms with van der Waals surface area (Å²) >= 11 is 7.48. The Morgan fingerprint density at radius 3 is 2.72 bits per heavy atom. The zero-order valence-corrected chi connectivity index (χ0v) is 15.3. The zero-order valence-electron chi connectivity index (χ0n) is 13.8. The number of hydrogen-bond acceptors (Lipinski definition) is 5. The Morgan fingerprint density at radius 1 is 1.24 bits per heavy atom. The van der Waals surface area contributed by atoms with E-state index in [1.165, 1.54) is 0 Å². The maximum atomic E-state index is 12.3. The molecule has 0 aliphatic rings. The minimum Gasteiger partial charge on any atom is -0.456 e. The molecule has 0 N–H and O–H groups in total. The second-order valence-electron chi connectivity index (χ2n) is 5.34. The average Bonchev–Trinajstić information content (AvgIpc) is 3.02. The minimum atomic E-state index is -0.500. The summed E-state index contributed by atoms with van der Waals surface area (Å²) < 4.78 is 6.96. The predicted octanol–water partition coefficient (Wildman–Crippen LogP) is 4.31. The molecule has 0 atom stereocenters. The van der Waals surface area contributed by atoms with Crippen molar-refractivity contribution in [3.63, 3.8) is 0 Å². The molecule has 128 valence electrons. The Bertz CT molecular complexity index is 894. The molecular weight excluding hydrogens is 358 g/mol. The summed E-state index contributed by atoms with van der Waals surface area (Å²) in [6.45, 7) is 1.95. The first-order valence-corrected chi connectivity index (χ1v) is 9.17. The summed E-state index contributed by atoms with van der Waals surface area (Å²) in [5.74, 6) is -0.500. The van der Waals surface area contributed by atoms with Crippen molar-refractivity contribution in [2.45, 2.75) is 18.4 Å². The lowest BCUT2D eigenvalue weighted by Crippen LogP contribution is -2.08. The molecule has 0 radical (unpaired) electrons. The third-order valence-corrected chi connectivity index (χ3v) is 4.65. The summed E-state index contributed by atoms with van der Waals surface area (Å²) in [6, 6.07) is 15.0. The van der Waals surface area contributed by atoms with Gasteiger partial charge in [0, 0.05) is 9.92 Å². The van der Waals surface area contributed by atoms with Gasteiger partial charge in [0.05, 0.1) is 11.4 Å². The zero-order chi connectivity index (χ0) is 17.8. The lowest BCUT2D eigenvalue weighted by Gasteiger charge is -2.06. The van der Waals surface area contributed by atoms with Crippen molar-refractivity contribution in [3.05, 3.63) is 70.5 Å². The number of hydrogen-bond donors (Lipinski definition) is 0. The summed E-state index contributed by atoms with van der Waals surface area (Å²) in [5.41, 5.74) is 2.56. The number of thioether (sulfide) groups is 1. The fourth-order valence-electron chi connectivity index (χ4n) is 2.30. The van der Waals surface area contributed by atoms with Gasteiger partial charge in [0.15, 0.2) is 5.69 Å². The molecule has 0 unspecified atom stereocenters. The molecule has 25 heavy (non-hydrogen) atoms. The summed E-state index contributed by atoms with van der Waals surface area (Å²) in [4.78, 5) is 13.4. The minimum absolute atomic E-state index is 0.157. The Morgan fingerprint density at radius 2 is 2.00 bits per heavy atom. The molecule has 3 rings (SSSR count). The highest BCUT2D eigenvalue weighted by atomic mass is 35.5. The van der Waals surface area contributed by atoms with Crippen LogP contribution in [0.25, 0.3) is 5.69 Å². The molecule has 0 fully saturated rings. The number of rotatable bonds is 5. The van der Waals surface area contributed by atoms with Gasteiger partial charge in [-0.15, -0.1) is 16.9 Å². The van der Waals surface area contributed by atoms with Gasteiger partial charge in [0.2, 0.25) is 0 Å². The molecule has 7 heteroatoms. The Balaban J connectivity index is 1.75. The lowest BCUT2D eigenvalue weighted by atomic mass is 10.2. The number of carbonyl (C=O) groups excluding carboxylic acids is 1. The fraction of sp³-hybridized carbons (Fsp3) is 0.167. The van der Waals surface area contributed by atoms with E-state index < -0.39 is 5.97 Å². The van der Waals surface area contributed by atoms with Crippen molar-refractivity contribution >= 4 is 29.3 Å². The third-order valence-electron chi connectivity index (χ3n) is 3.67. The van der Waals surface area contributed by atoms with Crippen LogP contribution in [-0.4, -0.2) is 27.2 Å². The molecule has 0 bridgehead atoms. The van der Waals surface area contributed by atoms with Gasteiger partial charge in [-0.3, -0.25) is 0 Å². The van der Waals surface area contributed by atoms with Gasteiger partial charge in [-0.25, -0.2) is 9.48 Å². The van der Waals surface area contributed by atoms with E-state index in [1.807, 2.05) is 42.7 Å². The van der Waals surface area contributed by atoms with Crippen LogP contribution in [0, 0.1) is 6.92 Å². The van der Waals surface area contributed by atoms with Crippen LogP contribution >= 0.6 is 23.4 Å². The molecule has 0 saturated heterocycles. The normalized spacial score (nSPS) is 10.7. The van der Waals surface area contributed by atoms with Crippen molar-refractivity contribution in [3.8, 4) is 5.69 Å². The van der Waals surface area contributed by atoms with Crippen molar-refractivity contribution in [2.75, 3.05) is 6.26 Å². The van der Waals surface area contributed by atoms with Crippen LogP contribution in [0.2, 0.25) is 5.02 Å². The van der Waals surface area contributed by atoms with Gasteiger partial charge in [-0.1, -0.05) is 35.0 Å². The van der Waals surface area contributed by atoms with Crippen LogP contribution in [0.4, 0.5) is 0 Å². The molecular formula is C18H16ClN3O2S. The van der Waals surface area contributed by atoms with Gasteiger partial charge in [-0.2, -0.15) is 0 Å². The van der Waals surface area contributed by atoms with Gasteiger partial charge in [-0.05, 0) is 49.1 Å². The molecule has 1 heterocycles. The SMILES string of the molecule is CSc1cccc(-n2nnc(C(=O)OCc3ccc(Cl)cc3)c2C)c1. The molecule has 0 spiro atoms. The number of carbonyl (C=O) groups is 1. The largest absolute Gasteiger partial charge is 0.456 e. The van der Waals surface area contributed by atoms with E-state index in [0.29, 0.717) is 10.7 Å². The highest BCUT2D eigenvalue weighted by molar-refractivity contribution is 7.98. The quantitative estimate of drug-likeness (QED) is 0.492. The Hall–Kier alpha value is -2.31. The van der Waals surface area contributed by atoms with Gasteiger partial charge >= 0.3 is 5.97 Å². The molecule has 5 nitrogen and oxygen atoms in total.